The van der Waals surface area contributed by atoms with Gasteiger partial charge in [-0.15, -0.1) is 0 Å². The molecule has 1 fully saturated rings. The average molecular weight is 511 g/mol. The molecule has 35 heavy (non-hydrogen) atoms. The van der Waals surface area contributed by atoms with Crippen molar-refractivity contribution >= 4 is 17.9 Å². The van der Waals surface area contributed by atoms with E-state index in [1.807, 2.05) is 13.8 Å². The van der Waals surface area contributed by atoms with Crippen molar-refractivity contribution in [2.45, 2.75) is 124 Å². The van der Waals surface area contributed by atoms with Gasteiger partial charge >= 0.3 is 24.1 Å². The van der Waals surface area contributed by atoms with Crippen LogP contribution in [-0.2, 0) is 28.6 Å². The van der Waals surface area contributed by atoms with Crippen LogP contribution >= 0.6 is 0 Å². The Kier molecular flexibility index (Phi) is 13.9. The highest BCUT2D eigenvalue weighted by molar-refractivity contribution is 5.79. The predicted octanol–water partition coefficient (Wildman–Crippen LogP) is 6.93. The van der Waals surface area contributed by atoms with Gasteiger partial charge in [-0.3, -0.25) is 9.59 Å². The second kappa shape index (κ2) is 14.7. The summed E-state index contributed by atoms with van der Waals surface area (Å²) in [4.78, 5) is 34.5. The van der Waals surface area contributed by atoms with Crippen molar-refractivity contribution < 1.29 is 41.8 Å². The van der Waals surface area contributed by atoms with Crippen molar-refractivity contribution in [2.75, 3.05) is 13.2 Å². The number of hydrogen-bond donors (Lipinski definition) is 0. The number of esters is 3. The zero-order valence-corrected chi connectivity index (χ0v) is 22.6. The molecular weight excluding hydrogens is 465 g/mol. The summed E-state index contributed by atoms with van der Waals surface area (Å²) in [7, 11) is 0. The molecule has 0 aromatic carbocycles. The maximum Gasteiger partial charge on any atom is 0.422 e. The molecule has 0 amide bonds. The van der Waals surface area contributed by atoms with Gasteiger partial charge in [0.05, 0.1) is 10.8 Å². The largest absolute Gasteiger partial charge is 0.459 e. The van der Waals surface area contributed by atoms with Crippen molar-refractivity contribution in [3.63, 3.8) is 0 Å². The maximum atomic E-state index is 12.3. The third-order valence-electron chi connectivity index (χ3n) is 6.81. The minimum Gasteiger partial charge on any atom is -0.459 e. The summed E-state index contributed by atoms with van der Waals surface area (Å²) < 4.78 is 49.4. The summed E-state index contributed by atoms with van der Waals surface area (Å²) in [5, 5.41) is 0. The van der Waals surface area contributed by atoms with Gasteiger partial charge in [-0.25, -0.2) is 4.79 Å². The van der Waals surface area contributed by atoms with E-state index in [4.69, 9.17) is 4.74 Å². The highest BCUT2D eigenvalue weighted by atomic mass is 19.4. The lowest BCUT2D eigenvalue weighted by Gasteiger charge is -2.37. The highest BCUT2D eigenvalue weighted by Gasteiger charge is 2.37. The first kappa shape index (κ1) is 33.2. The fraction of sp³-hybridized carbons (Fsp3) is 0.885. The number of ether oxygens (including phenoxy) is 3. The lowest BCUT2D eigenvalue weighted by Crippen LogP contribution is -2.40. The Bertz CT molecular complexity index is 662. The van der Waals surface area contributed by atoms with Gasteiger partial charge in [0.2, 0.25) is 0 Å². The lowest BCUT2D eigenvalue weighted by molar-refractivity contribution is -0.190. The Morgan fingerprint density at radius 3 is 1.63 bits per heavy atom. The van der Waals surface area contributed by atoms with Gasteiger partial charge in [0.1, 0.15) is 5.60 Å². The highest BCUT2D eigenvalue weighted by Crippen LogP contribution is 2.35. The second-order valence-corrected chi connectivity index (χ2v) is 10.5. The minimum atomic E-state index is -4.58. The number of halogens is 3. The Morgan fingerprint density at radius 1 is 0.743 bits per heavy atom. The second-order valence-electron chi connectivity index (χ2n) is 10.5. The topological polar surface area (TPSA) is 78.9 Å². The van der Waals surface area contributed by atoms with Crippen LogP contribution in [0.15, 0.2) is 0 Å². The molecule has 9 heteroatoms. The molecule has 1 aliphatic carbocycles. The summed E-state index contributed by atoms with van der Waals surface area (Å²) >= 11 is 0. The molecule has 0 spiro atoms. The van der Waals surface area contributed by atoms with Crippen molar-refractivity contribution in [3.05, 3.63) is 0 Å². The molecule has 0 aliphatic heterocycles. The molecule has 0 radical (unpaired) electrons. The molecule has 0 N–H and O–H groups in total. The smallest absolute Gasteiger partial charge is 0.422 e. The lowest BCUT2D eigenvalue weighted by atomic mass is 9.83. The van der Waals surface area contributed by atoms with Crippen LogP contribution < -0.4 is 0 Å². The molecule has 0 bridgehead atoms. The number of rotatable bonds is 9. The summed E-state index contributed by atoms with van der Waals surface area (Å²) in [6.45, 7) is 10.7. The van der Waals surface area contributed by atoms with Crippen LogP contribution in [0.25, 0.3) is 0 Å². The quantitative estimate of drug-likeness (QED) is 0.247. The van der Waals surface area contributed by atoms with Gasteiger partial charge in [0.25, 0.3) is 0 Å². The average Bonchev–Trinajstić information content (AvgIpc) is 2.77. The molecule has 0 aromatic rings. The molecule has 6 nitrogen and oxygen atoms in total. The summed E-state index contributed by atoms with van der Waals surface area (Å²) in [5.74, 6) is -1.88. The summed E-state index contributed by atoms with van der Waals surface area (Å²) in [6.07, 6.45) is 6.13. The van der Waals surface area contributed by atoms with Gasteiger partial charge in [-0.05, 0) is 72.6 Å². The Labute approximate surface area is 208 Å². The number of carbonyl (C=O) groups excluding carboxylic acids is 3. The van der Waals surface area contributed by atoms with Crippen LogP contribution in [0, 0.1) is 10.8 Å². The molecule has 0 unspecified atom stereocenters. The molecule has 1 saturated carbocycles. The van der Waals surface area contributed by atoms with Gasteiger partial charge in [-0.1, -0.05) is 40.0 Å². The SMILES string of the molecule is CCC(C)(C)C(=O)OCC(=O)OCC(F)(F)F.CCC1(OC(=O)C(C)(C)CC)CCCCCCC1. The molecule has 1 rings (SSSR count). The van der Waals surface area contributed by atoms with Gasteiger partial charge in [0.15, 0.2) is 13.2 Å². The normalized spacial score (nSPS) is 16.6. The number of carbonyl (C=O) groups is 3. The molecule has 1 aliphatic rings. The van der Waals surface area contributed by atoms with E-state index in [1.54, 1.807) is 20.8 Å². The molecule has 0 heterocycles. The Hall–Kier alpha value is -1.80. The van der Waals surface area contributed by atoms with Crippen LogP contribution in [0.3, 0.4) is 0 Å². The molecule has 0 atom stereocenters. The zero-order valence-electron chi connectivity index (χ0n) is 22.6. The van der Waals surface area contributed by atoms with Gasteiger partial charge < -0.3 is 14.2 Å². The number of alkyl halides is 3. The van der Waals surface area contributed by atoms with Crippen LogP contribution in [-0.4, -0.2) is 42.9 Å². The standard InChI is InChI=1S/C16H30O2.C10H15F3O4/c1-5-15(3,4)14(17)18-16(6-2)12-10-8-7-9-11-13-16;1-4-9(2,3)8(15)16-5-7(14)17-6-10(11,12)13/h5-13H2,1-4H3;4-6H2,1-3H3. The molecule has 0 aromatic heterocycles. The van der Waals surface area contributed by atoms with Gasteiger partial charge in [0, 0.05) is 0 Å². The minimum absolute atomic E-state index is 0.00702. The fourth-order valence-corrected chi connectivity index (χ4v) is 3.22. The van der Waals surface area contributed by atoms with E-state index >= 15 is 0 Å². The predicted molar refractivity (Wildman–Crippen MR) is 128 cm³/mol. The van der Waals surface area contributed by atoms with Crippen molar-refractivity contribution in [1.29, 1.82) is 0 Å². The van der Waals surface area contributed by atoms with E-state index in [9.17, 15) is 27.6 Å². The fourth-order valence-electron chi connectivity index (χ4n) is 3.22. The van der Waals surface area contributed by atoms with Crippen LogP contribution in [0.4, 0.5) is 13.2 Å². The van der Waals surface area contributed by atoms with Crippen molar-refractivity contribution in [1.82, 2.24) is 0 Å². The van der Waals surface area contributed by atoms with E-state index in [2.05, 4.69) is 23.3 Å². The summed E-state index contributed by atoms with van der Waals surface area (Å²) in [5.41, 5.74) is -1.29. The van der Waals surface area contributed by atoms with Gasteiger partial charge in [-0.2, -0.15) is 13.2 Å². The first-order valence-corrected chi connectivity index (χ1v) is 12.7. The van der Waals surface area contributed by atoms with Crippen molar-refractivity contribution in [2.24, 2.45) is 10.8 Å². The van der Waals surface area contributed by atoms with E-state index in [1.165, 1.54) is 32.1 Å². The maximum absolute atomic E-state index is 12.3. The van der Waals surface area contributed by atoms with Crippen molar-refractivity contribution in [3.8, 4) is 0 Å². The zero-order chi connectivity index (χ0) is 27.3. The third-order valence-corrected chi connectivity index (χ3v) is 6.81. The molecular formula is C26H45F3O6. The van der Waals surface area contributed by atoms with E-state index in [0.717, 1.165) is 25.7 Å². The molecule has 0 saturated heterocycles. The van der Waals surface area contributed by atoms with Crippen LogP contribution in [0.1, 0.15) is 113 Å². The van der Waals surface area contributed by atoms with E-state index in [0.29, 0.717) is 6.42 Å². The van der Waals surface area contributed by atoms with Crippen LogP contribution in [0.2, 0.25) is 0 Å². The Morgan fingerprint density at radius 2 is 1.20 bits per heavy atom. The molecule has 206 valence electrons. The Balaban J connectivity index is 0.000000662. The van der Waals surface area contributed by atoms with E-state index < -0.39 is 36.7 Å². The van der Waals surface area contributed by atoms with Crippen LogP contribution in [0.5, 0.6) is 0 Å². The third kappa shape index (κ3) is 13.2. The van der Waals surface area contributed by atoms with E-state index in [-0.39, 0.29) is 17.0 Å². The monoisotopic (exact) mass is 510 g/mol. The first-order valence-electron chi connectivity index (χ1n) is 12.7. The number of hydrogen-bond acceptors (Lipinski definition) is 6. The first-order chi connectivity index (χ1) is 16.0. The summed E-state index contributed by atoms with van der Waals surface area (Å²) in [6, 6.07) is 0.